The number of benzene rings is 1. The van der Waals surface area contributed by atoms with Crippen LogP contribution in [0.5, 0.6) is 0 Å². The van der Waals surface area contributed by atoms with Crippen molar-refractivity contribution in [1.82, 2.24) is 0 Å². The Morgan fingerprint density at radius 1 is 1.62 bits per heavy atom. The smallest absolute Gasteiger partial charge is 0.254 e. The molecule has 1 aromatic carbocycles. The molecule has 1 unspecified atom stereocenters. The second-order valence-corrected chi connectivity index (χ2v) is 3.84. The third-order valence-corrected chi connectivity index (χ3v) is 2.49. The van der Waals surface area contributed by atoms with Gasteiger partial charge in [-0.25, -0.2) is 0 Å². The third kappa shape index (κ3) is 3.20. The Kier molecular flexibility index (Phi) is 4.73. The van der Waals surface area contributed by atoms with Crippen LogP contribution in [0.3, 0.4) is 0 Å². The molecule has 88 valence electrons. The van der Waals surface area contributed by atoms with Crippen LogP contribution in [0.1, 0.15) is 5.56 Å². The molecule has 1 atom stereocenters. The SMILES string of the molecule is COC(CN)C(=O)Nc1ccc(C)cc1Cl. The maximum absolute atomic E-state index is 11.6. The van der Waals surface area contributed by atoms with Gasteiger partial charge in [0, 0.05) is 13.7 Å². The lowest BCUT2D eigenvalue weighted by molar-refractivity contribution is -0.125. The molecule has 5 heteroatoms. The van der Waals surface area contributed by atoms with Crippen molar-refractivity contribution in [3.63, 3.8) is 0 Å². The van der Waals surface area contributed by atoms with Crippen LogP contribution in [0, 0.1) is 6.92 Å². The van der Waals surface area contributed by atoms with E-state index in [0.717, 1.165) is 5.56 Å². The Morgan fingerprint density at radius 3 is 2.81 bits per heavy atom. The normalized spacial score (nSPS) is 12.2. The number of ether oxygens (including phenoxy) is 1. The summed E-state index contributed by atoms with van der Waals surface area (Å²) in [5.74, 6) is -0.296. The van der Waals surface area contributed by atoms with Crippen LogP contribution >= 0.6 is 11.6 Å². The fraction of sp³-hybridized carbons (Fsp3) is 0.364. The summed E-state index contributed by atoms with van der Waals surface area (Å²) in [7, 11) is 1.44. The van der Waals surface area contributed by atoms with Gasteiger partial charge in [-0.2, -0.15) is 0 Å². The molecule has 0 radical (unpaired) electrons. The van der Waals surface area contributed by atoms with Crippen molar-refractivity contribution in [3.8, 4) is 0 Å². The highest BCUT2D eigenvalue weighted by molar-refractivity contribution is 6.33. The molecule has 0 saturated heterocycles. The zero-order valence-electron chi connectivity index (χ0n) is 9.29. The molecule has 0 bridgehead atoms. The van der Waals surface area contributed by atoms with Gasteiger partial charge >= 0.3 is 0 Å². The molecule has 1 rings (SSSR count). The first-order valence-corrected chi connectivity index (χ1v) is 5.26. The summed E-state index contributed by atoms with van der Waals surface area (Å²) in [5, 5.41) is 3.16. The Bertz CT molecular complexity index is 378. The van der Waals surface area contributed by atoms with E-state index < -0.39 is 6.10 Å². The number of anilines is 1. The van der Waals surface area contributed by atoms with Gasteiger partial charge < -0.3 is 15.8 Å². The van der Waals surface area contributed by atoms with Crippen molar-refractivity contribution in [3.05, 3.63) is 28.8 Å². The first-order chi connectivity index (χ1) is 7.58. The number of nitrogens with one attached hydrogen (secondary N) is 1. The quantitative estimate of drug-likeness (QED) is 0.842. The standard InChI is InChI=1S/C11H15ClN2O2/c1-7-3-4-9(8(12)5-7)14-11(15)10(6-13)16-2/h3-5,10H,6,13H2,1-2H3,(H,14,15). The van der Waals surface area contributed by atoms with Crippen molar-refractivity contribution in [2.75, 3.05) is 19.0 Å². The minimum Gasteiger partial charge on any atom is -0.370 e. The van der Waals surface area contributed by atoms with E-state index in [1.54, 1.807) is 12.1 Å². The van der Waals surface area contributed by atoms with Crippen molar-refractivity contribution in [2.45, 2.75) is 13.0 Å². The molecule has 0 aliphatic carbocycles. The van der Waals surface area contributed by atoms with Gasteiger partial charge in [0.25, 0.3) is 5.91 Å². The number of carbonyl (C=O) groups is 1. The predicted molar refractivity (Wildman–Crippen MR) is 64.7 cm³/mol. The molecular formula is C11H15ClN2O2. The lowest BCUT2D eigenvalue weighted by Gasteiger charge is -2.14. The molecule has 0 aliphatic heterocycles. The number of hydrogen-bond donors (Lipinski definition) is 2. The number of nitrogens with two attached hydrogens (primary N) is 1. The highest BCUT2D eigenvalue weighted by atomic mass is 35.5. The summed E-state index contributed by atoms with van der Waals surface area (Å²) >= 11 is 5.98. The fourth-order valence-electron chi connectivity index (χ4n) is 1.25. The molecule has 0 aromatic heterocycles. The lowest BCUT2D eigenvalue weighted by atomic mass is 10.2. The van der Waals surface area contributed by atoms with Gasteiger partial charge in [0.1, 0.15) is 6.10 Å². The second kappa shape index (κ2) is 5.84. The Labute approximate surface area is 99.7 Å². The topological polar surface area (TPSA) is 64.3 Å². The maximum Gasteiger partial charge on any atom is 0.254 e. The number of hydrogen-bond acceptors (Lipinski definition) is 3. The number of aryl methyl sites for hydroxylation is 1. The summed E-state index contributed by atoms with van der Waals surface area (Å²) in [4.78, 5) is 11.6. The van der Waals surface area contributed by atoms with Crippen molar-refractivity contribution < 1.29 is 9.53 Å². The van der Waals surface area contributed by atoms with Crippen LogP contribution < -0.4 is 11.1 Å². The number of halogens is 1. The molecular weight excluding hydrogens is 228 g/mol. The number of amides is 1. The fourth-order valence-corrected chi connectivity index (χ4v) is 1.53. The molecule has 0 aliphatic rings. The molecule has 1 amide bonds. The first-order valence-electron chi connectivity index (χ1n) is 4.88. The van der Waals surface area contributed by atoms with Crippen LogP contribution in [-0.4, -0.2) is 25.7 Å². The average Bonchev–Trinajstić information content (AvgIpc) is 2.24. The van der Waals surface area contributed by atoms with Gasteiger partial charge in [-0.15, -0.1) is 0 Å². The van der Waals surface area contributed by atoms with E-state index in [1.807, 2.05) is 13.0 Å². The van der Waals surface area contributed by atoms with Gasteiger partial charge in [0.2, 0.25) is 0 Å². The number of carbonyl (C=O) groups excluding carboxylic acids is 1. The van der Waals surface area contributed by atoms with Gasteiger partial charge in [0.05, 0.1) is 10.7 Å². The van der Waals surface area contributed by atoms with E-state index in [9.17, 15) is 4.79 Å². The molecule has 0 heterocycles. The molecule has 4 nitrogen and oxygen atoms in total. The Morgan fingerprint density at radius 2 is 2.31 bits per heavy atom. The van der Waals surface area contributed by atoms with Crippen molar-refractivity contribution in [1.29, 1.82) is 0 Å². The van der Waals surface area contributed by atoms with E-state index in [4.69, 9.17) is 22.1 Å². The van der Waals surface area contributed by atoms with Crippen molar-refractivity contribution in [2.24, 2.45) is 5.73 Å². The molecule has 0 spiro atoms. The number of rotatable bonds is 4. The van der Waals surface area contributed by atoms with E-state index >= 15 is 0 Å². The van der Waals surface area contributed by atoms with Crippen molar-refractivity contribution >= 4 is 23.2 Å². The highest BCUT2D eigenvalue weighted by Gasteiger charge is 2.16. The Balaban J connectivity index is 2.76. The van der Waals surface area contributed by atoms with Gasteiger partial charge in [-0.3, -0.25) is 4.79 Å². The summed E-state index contributed by atoms with van der Waals surface area (Å²) in [6.07, 6.45) is -0.655. The van der Waals surface area contributed by atoms with Crippen LogP contribution in [0.2, 0.25) is 5.02 Å². The summed E-state index contributed by atoms with van der Waals surface area (Å²) in [6.45, 7) is 2.06. The van der Waals surface area contributed by atoms with Crippen LogP contribution in [0.4, 0.5) is 5.69 Å². The minimum atomic E-state index is -0.655. The second-order valence-electron chi connectivity index (χ2n) is 3.43. The molecule has 0 saturated carbocycles. The van der Waals surface area contributed by atoms with Crippen LogP contribution in [0.25, 0.3) is 0 Å². The minimum absolute atomic E-state index is 0.131. The van der Waals surface area contributed by atoms with E-state index in [1.165, 1.54) is 7.11 Å². The first kappa shape index (κ1) is 13.0. The number of methoxy groups -OCH3 is 1. The monoisotopic (exact) mass is 242 g/mol. The molecule has 3 N–H and O–H groups in total. The average molecular weight is 243 g/mol. The third-order valence-electron chi connectivity index (χ3n) is 2.17. The summed E-state index contributed by atoms with van der Waals surface area (Å²) in [6, 6.07) is 5.39. The summed E-state index contributed by atoms with van der Waals surface area (Å²) < 4.78 is 4.92. The molecule has 0 fully saturated rings. The van der Waals surface area contributed by atoms with E-state index in [2.05, 4.69) is 5.32 Å². The lowest BCUT2D eigenvalue weighted by Crippen LogP contribution is -2.35. The predicted octanol–water partition coefficient (Wildman–Crippen LogP) is 1.56. The highest BCUT2D eigenvalue weighted by Crippen LogP contribution is 2.22. The van der Waals surface area contributed by atoms with Gasteiger partial charge in [-0.05, 0) is 24.6 Å². The van der Waals surface area contributed by atoms with Gasteiger partial charge in [-0.1, -0.05) is 17.7 Å². The van der Waals surface area contributed by atoms with Crippen LogP contribution in [-0.2, 0) is 9.53 Å². The van der Waals surface area contributed by atoms with Crippen LogP contribution in [0.15, 0.2) is 18.2 Å². The largest absolute Gasteiger partial charge is 0.370 e. The molecule has 1 aromatic rings. The van der Waals surface area contributed by atoms with E-state index in [-0.39, 0.29) is 12.5 Å². The molecule has 16 heavy (non-hydrogen) atoms. The Hall–Kier alpha value is -1.10. The zero-order chi connectivity index (χ0) is 12.1. The van der Waals surface area contributed by atoms with Gasteiger partial charge in [0.15, 0.2) is 0 Å². The summed E-state index contributed by atoms with van der Waals surface area (Å²) in [5.41, 5.74) is 6.98. The van der Waals surface area contributed by atoms with E-state index in [0.29, 0.717) is 10.7 Å². The maximum atomic E-state index is 11.6. The zero-order valence-corrected chi connectivity index (χ0v) is 10.0.